The summed E-state index contributed by atoms with van der Waals surface area (Å²) in [7, 11) is 1.55. The summed E-state index contributed by atoms with van der Waals surface area (Å²) in [6, 6.07) is 11.5. The number of piperazine rings is 1. The van der Waals surface area contributed by atoms with Gasteiger partial charge in [0.1, 0.15) is 11.6 Å². The van der Waals surface area contributed by atoms with Crippen LogP contribution in [0.1, 0.15) is 5.56 Å². The molecule has 1 heterocycles. The molecule has 2 aromatic carbocycles. The van der Waals surface area contributed by atoms with Gasteiger partial charge in [-0.15, -0.1) is 0 Å². The zero-order valence-corrected chi connectivity index (χ0v) is 15.2. The molecule has 1 aliphatic heterocycles. The molecule has 0 radical (unpaired) electrons. The maximum Gasteiger partial charge on any atom is 0.228 e. The highest BCUT2D eigenvalue weighted by Crippen LogP contribution is 2.30. The van der Waals surface area contributed by atoms with Crippen molar-refractivity contribution in [3.8, 4) is 5.75 Å². The summed E-state index contributed by atoms with van der Waals surface area (Å²) in [5, 5.41) is 2.87. The third-order valence-electron chi connectivity index (χ3n) is 4.56. The minimum Gasteiger partial charge on any atom is -0.495 e. The molecule has 0 unspecified atom stereocenters. The highest BCUT2D eigenvalue weighted by molar-refractivity contribution is 5.94. The van der Waals surface area contributed by atoms with Gasteiger partial charge in [0.05, 0.1) is 19.2 Å². The van der Waals surface area contributed by atoms with Crippen molar-refractivity contribution in [2.45, 2.75) is 6.42 Å². The van der Waals surface area contributed by atoms with Crippen molar-refractivity contribution in [3.05, 3.63) is 53.8 Å². The summed E-state index contributed by atoms with van der Waals surface area (Å²) in [4.78, 5) is 27.1. The number of anilines is 2. The number of carbonyl (C=O) groups is 2. The number of benzene rings is 2. The summed E-state index contributed by atoms with van der Waals surface area (Å²) >= 11 is 0. The van der Waals surface area contributed by atoms with E-state index in [1.54, 1.807) is 24.1 Å². The fourth-order valence-corrected chi connectivity index (χ4v) is 3.06. The summed E-state index contributed by atoms with van der Waals surface area (Å²) in [6.45, 7) is 2.80. The number of nitrogens with one attached hydrogen (secondary N) is 1. The third kappa shape index (κ3) is 4.75. The molecule has 2 aromatic rings. The lowest BCUT2D eigenvalue weighted by Crippen LogP contribution is -2.45. The van der Waals surface area contributed by atoms with E-state index in [4.69, 9.17) is 4.74 Å². The number of amides is 2. The van der Waals surface area contributed by atoms with Gasteiger partial charge >= 0.3 is 0 Å². The molecule has 1 saturated heterocycles. The van der Waals surface area contributed by atoms with E-state index in [0.717, 1.165) is 30.8 Å². The number of rotatable bonds is 6. The third-order valence-corrected chi connectivity index (χ3v) is 4.56. The molecule has 2 amide bonds. The molecule has 3 rings (SSSR count). The smallest absolute Gasteiger partial charge is 0.228 e. The van der Waals surface area contributed by atoms with Gasteiger partial charge in [-0.3, -0.25) is 9.59 Å². The second kappa shape index (κ2) is 8.53. The molecule has 142 valence electrons. The zero-order valence-electron chi connectivity index (χ0n) is 15.2. The van der Waals surface area contributed by atoms with Crippen LogP contribution in [0.2, 0.25) is 0 Å². The average molecular weight is 371 g/mol. The van der Waals surface area contributed by atoms with Gasteiger partial charge in [-0.05, 0) is 35.9 Å². The van der Waals surface area contributed by atoms with Gasteiger partial charge in [-0.25, -0.2) is 4.39 Å². The van der Waals surface area contributed by atoms with E-state index in [1.807, 2.05) is 18.2 Å². The number of ether oxygens (including phenoxy) is 1. The number of halogens is 1. The molecule has 0 spiro atoms. The number of nitrogens with zero attached hydrogens (tertiary/aromatic N) is 2. The fraction of sp³-hybridized carbons (Fsp3) is 0.300. The summed E-state index contributed by atoms with van der Waals surface area (Å²) in [5.74, 6) is 0.0313. The van der Waals surface area contributed by atoms with E-state index in [2.05, 4.69) is 10.2 Å². The lowest BCUT2D eigenvalue weighted by molar-refractivity contribution is -0.118. The largest absolute Gasteiger partial charge is 0.495 e. The molecular weight excluding hydrogens is 349 g/mol. The predicted octanol–water partition coefficient (Wildman–Crippen LogP) is 2.29. The zero-order chi connectivity index (χ0) is 19.2. The van der Waals surface area contributed by atoms with E-state index >= 15 is 0 Å². The van der Waals surface area contributed by atoms with Gasteiger partial charge in [-0.1, -0.05) is 12.1 Å². The van der Waals surface area contributed by atoms with Crippen LogP contribution < -0.4 is 15.0 Å². The Hall–Kier alpha value is -3.09. The Balaban J connectivity index is 1.70. The molecule has 0 aromatic heterocycles. The highest BCUT2D eigenvalue weighted by Gasteiger charge is 2.17. The van der Waals surface area contributed by atoms with Crippen LogP contribution in [-0.2, 0) is 16.0 Å². The topological polar surface area (TPSA) is 61.9 Å². The van der Waals surface area contributed by atoms with Crippen LogP contribution in [0.3, 0.4) is 0 Å². The van der Waals surface area contributed by atoms with E-state index in [0.29, 0.717) is 24.5 Å². The van der Waals surface area contributed by atoms with Crippen molar-refractivity contribution in [2.24, 2.45) is 0 Å². The minimum absolute atomic E-state index is 0.145. The SMILES string of the molecule is COc1ccc(N2CCN(C=O)CC2)cc1NC(=O)Cc1ccc(F)cc1. The Labute approximate surface area is 157 Å². The summed E-state index contributed by atoms with van der Waals surface area (Å²) in [5.41, 5.74) is 2.27. The maximum absolute atomic E-state index is 13.0. The Kier molecular flexibility index (Phi) is 5.90. The van der Waals surface area contributed by atoms with E-state index in [1.165, 1.54) is 12.1 Å². The van der Waals surface area contributed by atoms with Gasteiger partial charge in [-0.2, -0.15) is 0 Å². The van der Waals surface area contributed by atoms with Crippen LogP contribution in [0, 0.1) is 5.82 Å². The summed E-state index contributed by atoms with van der Waals surface area (Å²) < 4.78 is 18.3. The molecule has 27 heavy (non-hydrogen) atoms. The van der Waals surface area contributed by atoms with Crippen LogP contribution in [0.15, 0.2) is 42.5 Å². The van der Waals surface area contributed by atoms with Gasteiger partial charge in [0.2, 0.25) is 12.3 Å². The standard InChI is InChI=1S/C20H22FN3O3/c1-27-19-7-6-17(24-10-8-23(14-25)9-11-24)13-18(19)22-20(26)12-15-2-4-16(21)5-3-15/h2-7,13-14H,8-12H2,1H3,(H,22,26). The van der Waals surface area contributed by atoms with Gasteiger partial charge < -0.3 is 19.9 Å². The first-order valence-electron chi connectivity index (χ1n) is 8.75. The number of methoxy groups -OCH3 is 1. The van der Waals surface area contributed by atoms with Gasteiger partial charge in [0.15, 0.2) is 0 Å². The van der Waals surface area contributed by atoms with E-state index in [-0.39, 0.29) is 18.1 Å². The first-order chi connectivity index (χ1) is 13.1. The van der Waals surface area contributed by atoms with Crippen molar-refractivity contribution in [2.75, 3.05) is 43.5 Å². The van der Waals surface area contributed by atoms with E-state index in [9.17, 15) is 14.0 Å². The molecule has 6 nitrogen and oxygen atoms in total. The monoisotopic (exact) mass is 371 g/mol. The van der Waals surface area contributed by atoms with Crippen molar-refractivity contribution in [1.82, 2.24) is 4.90 Å². The fourth-order valence-electron chi connectivity index (χ4n) is 3.06. The van der Waals surface area contributed by atoms with Crippen molar-refractivity contribution < 1.29 is 18.7 Å². The Morgan fingerprint density at radius 2 is 1.85 bits per heavy atom. The molecule has 0 atom stereocenters. The van der Waals surface area contributed by atoms with E-state index < -0.39 is 0 Å². The quantitative estimate of drug-likeness (QED) is 0.792. The van der Waals surface area contributed by atoms with Crippen molar-refractivity contribution in [1.29, 1.82) is 0 Å². The van der Waals surface area contributed by atoms with Crippen molar-refractivity contribution >= 4 is 23.7 Å². The molecule has 7 heteroatoms. The predicted molar refractivity (Wildman–Crippen MR) is 102 cm³/mol. The van der Waals surface area contributed by atoms with Crippen LogP contribution >= 0.6 is 0 Å². The van der Waals surface area contributed by atoms with Crippen LogP contribution in [0.25, 0.3) is 0 Å². The normalized spacial score (nSPS) is 14.0. The number of hydrogen-bond donors (Lipinski definition) is 1. The average Bonchev–Trinajstić information content (AvgIpc) is 2.70. The first-order valence-corrected chi connectivity index (χ1v) is 8.75. The number of hydrogen-bond acceptors (Lipinski definition) is 4. The molecule has 1 N–H and O–H groups in total. The Bertz CT molecular complexity index is 803. The molecule has 1 aliphatic rings. The maximum atomic E-state index is 13.0. The van der Waals surface area contributed by atoms with Crippen LogP contribution in [-0.4, -0.2) is 50.5 Å². The second-order valence-corrected chi connectivity index (χ2v) is 6.36. The Morgan fingerprint density at radius 3 is 2.48 bits per heavy atom. The molecular formula is C20H22FN3O3. The van der Waals surface area contributed by atoms with Crippen LogP contribution in [0.4, 0.5) is 15.8 Å². The Morgan fingerprint density at radius 1 is 1.15 bits per heavy atom. The van der Waals surface area contributed by atoms with Crippen LogP contribution in [0.5, 0.6) is 5.75 Å². The molecule has 0 bridgehead atoms. The van der Waals surface area contributed by atoms with Gasteiger partial charge in [0.25, 0.3) is 0 Å². The first kappa shape index (κ1) is 18.7. The van der Waals surface area contributed by atoms with Gasteiger partial charge in [0, 0.05) is 31.9 Å². The summed E-state index contributed by atoms with van der Waals surface area (Å²) in [6.07, 6.45) is 1.01. The molecule has 1 fully saturated rings. The second-order valence-electron chi connectivity index (χ2n) is 6.36. The minimum atomic E-state index is -0.330. The molecule has 0 aliphatic carbocycles. The molecule has 0 saturated carbocycles. The van der Waals surface area contributed by atoms with Crippen molar-refractivity contribution in [3.63, 3.8) is 0 Å². The lowest BCUT2D eigenvalue weighted by Gasteiger charge is -2.34. The lowest BCUT2D eigenvalue weighted by atomic mass is 10.1. The highest BCUT2D eigenvalue weighted by atomic mass is 19.1. The number of carbonyl (C=O) groups excluding carboxylic acids is 2.